The first-order chi connectivity index (χ1) is 12.4. The lowest BCUT2D eigenvalue weighted by Gasteiger charge is -2.34. The molecule has 0 bridgehead atoms. The quantitative estimate of drug-likeness (QED) is 0.813. The Balaban J connectivity index is 1.45. The first-order valence-corrected chi connectivity index (χ1v) is 10.7. The Morgan fingerprint density at radius 1 is 1.08 bits per heavy atom. The number of benzene rings is 1. The van der Waals surface area contributed by atoms with E-state index in [9.17, 15) is 17.6 Å². The lowest BCUT2D eigenvalue weighted by molar-refractivity contribution is -0.132. The van der Waals surface area contributed by atoms with Gasteiger partial charge in [-0.2, -0.15) is 17.4 Å². The van der Waals surface area contributed by atoms with Gasteiger partial charge in [0, 0.05) is 38.6 Å². The van der Waals surface area contributed by atoms with Crippen molar-refractivity contribution < 1.29 is 17.6 Å². The highest BCUT2D eigenvalue weighted by atomic mass is 32.2. The van der Waals surface area contributed by atoms with Crippen LogP contribution in [0, 0.1) is 5.82 Å². The monoisotopic (exact) mass is 383 g/mol. The molecule has 1 aromatic rings. The minimum Gasteiger partial charge on any atom is -0.340 e. The molecule has 0 spiro atoms. The summed E-state index contributed by atoms with van der Waals surface area (Å²) in [6.07, 6.45) is 4.86. The van der Waals surface area contributed by atoms with E-state index in [-0.39, 0.29) is 17.8 Å². The highest BCUT2D eigenvalue weighted by Gasteiger charge is 2.31. The molecule has 1 saturated carbocycles. The van der Waals surface area contributed by atoms with Crippen molar-refractivity contribution in [2.75, 3.05) is 26.2 Å². The van der Waals surface area contributed by atoms with Crippen LogP contribution in [-0.4, -0.2) is 55.8 Å². The maximum Gasteiger partial charge on any atom is 0.279 e. The van der Waals surface area contributed by atoms with Crippen LogP contribution in [-0.2, 0) is 21.4 Å². The number of rotatable bonds is 6. The summed E-state index contributed by atoms with van der Waals surface area (Å²) >= 11 is 0. The van der Waals surface area contributed by atoms with Crippen LogP contribution in [0.3, 0.4) is 0 Å². The molecule has 0 radical (unpaired) electrons. The molecule has 1 aliphatic heterocycles. The van der Waals surface area contributed by atoms with Crippen molar-refractivity contribution in [2.24, 2.45) is 0 Å². The summed E-state index contributed by atoms with van der Waals surface area (Å²) in [5.41, 5.74) is 0.918. The summed E-state index contributed by atoms with van der Waals surface area (Å²) in [5, 5.41) is 0. The van der Waals surface area contributed by atoms with Gasteiger partial charge in [-0.1, -0.05) is 25.0 Å². The molecule has 1 saturated heterocycles. The van der Waals surface area contributed by atoms with Gasteiger partial charge in [0.25, 0.3) is 10.2 Å². The highest BCUT2D eigenvalue weighted by molar-refractivity contribution is 7.87. The number of nitrogens with one attached hydrogen (secondary N) is 1. The van der Waals surface area contributed by atoms with Crippen LogP contribution >= 0.6 is 0 Å². The lowest BCUT2D eigenvalue weighted by atomic mass is 10.1. The molecular formula is C18H26FN3O3S. The average molecular weight is 383 g/mol. The summed E-state index contributed by atoms with van der Waals surface area (Å²) < 4.78 is 42.0. The van der Waals surface area contributed by atoms with Gasteiger partial charge in [0.2, 0.25) is 5.91 Å². The minimum absolute atomic E-state index is 0.00938. The summed E-state index contributed by atoms with van der Waals surface area (Å²) in [6.45, 7) is 1.47. The zero-order valence-electron chi connectivity index (χ0n) is 14.9. The van der Waals surface area contributed by atoms with Crippen LogP contribution in [0.2, 0.25) is 0 Å². The van der Waals surface area contributed by atoms with Gasteiger partial charge < -0.3 is 4.90 Å². The topological polar surface area (TPSA) is 69.7 Å². The van der Waals surface area contributed by atoms with E-state index in [2.05, 4.69) is 4.72 Å². The van der Waals surface area contributed by atoms with Crippen molar-refractivity contribution in [3.05, 3.63) is 35.6 Å². The maximum absolute atomic E-state index is 12.9. The molecule has 1 aliphatic carbocycles. The fraction of sp³-hybridized carbons (Fsp3) is 0.611. The molecule has 1 heterocycles. The van der Waals surface area contributed by atoms with E-state index >= 15 is 0 Å². The van der Waals surface area contributed by atoms with E-state index in [0.29, 0.717) is 39.0 Å². The molecule has 3 rings (SSSR count). The SMILES string of the molecule is O=C(CCc1ccc(F)cc1)N1CCN(S(=O)(=O)NC2CCCC2)CC1. The number of piperazine rings is 1. The van der Waals surface area contributed by atoms with Gasteiger partial charge in [0.15, 0.2) is 0 Å². The predicted octanol–water partition coefficient (Wildman–Crippen LogP) is 1.68. The summed E-state index contributed by atoms with van der Waals surface area (Å²) in [7, 11) is -3.47. The summed E-state index contributed by atoms with van der Waals surface area (Å²) in [5.74, 6) is -0.279. The Bertz CT molecular complexity index is 710. The van der Waals surface area contributed by atoms with Crippen molar-refractivity contribution in [3.63, 3.8) is 0 Å². The van der Waals surface area contributed by atoms with Crippen molar-refractivity contribution in [1.29, 1.82) is 0 Å². The van der Waals surface area contributed by atoms with E-state index in [1.807, 2.05) is 0 Å². The fourth-order valence-corrected chi connectivity index (χ4v) is 5.02. The van der Waals surface area contributed by atoms with E-state index in [1.54, 1.807) is 17.0 Å². The van der Waals surface area contributed by atoms with Crippen LogP contribution in [0.1, 0.15) is 37.7 Å². The van der Waals surface area contributed by atoms with Crippen LogP contribution in [0.4, 0.5) is 4.39 Å². The van der Waals surface area contributed by atoms with Gasteiger partial charge >= 0.3 is 0 Å². The van der Waals surface area contributed by atoms with Gasteiger partial charge in [-0.15, -0.1) is 0 Å². The number of aryl methyl sites for hydroxylation is 1. The number of hydrogen-bond acceptors (Lipinski definition) is 3. The number of carbonyl (C=O) groups is 1. The van der Waals surface area contributed by atoms with Crippen molar-refractivity contribution in [3.8, 4) is 0 Å². The Kier molecular flexibility index (Phi) is 6.26. The average Bonchev–Trinajstić information content (AvgIpc) is 3.13. The van der Waals surface area contributed by atoms with Crippen LogP contribution in [0.15, 0.2) is 24.3 Å². The molecule has 0 aromatic heterocycles. The number of carbonyl (C=O) groups excluding carboxylic acids is 1. The number of halogens is 1. The molecule has 0 unspecified atom stereocenters. The Labute approximate surface area is 154 Å². The molecule has 1 N–H and O–H groups in total. The van der Waals surface area contributed by atoms with Crippen LogP contribution < -0.4 is 4.72 Å². The largest absolute Gasteiger partial charge is 0.340 e. The minimum atomic E-state index is -3.47. The first-order valence-electron chi connectivity index (χ1n) is 9.24. The summed E-state index contributed by atoms with van der Waals surface area (Å²) in [6, 6.07) is 6.20. The number of nitrogens with zero attached hydrogens (tertiary/aromatic N) is 2. The molecule has 2 aliphatic rings. The van der Waals surface area contributed by atoms with E-state index < -0.39 is 10.2 Å². The zero-order valence-corrected chi connectivity index (χ0v) is 15.7. The molecule has 1 amide bonds. The lowest BCUT2D eigenvalue weighted by Crippen LogP contribution is -2.54. The molecule has 144 valence electrons. The van der Waals surface area contributed by atoms with Crippen LogP contribution in [0.5, 0.6) is 0 Å². The van der Waals surface area contributed by atoms with Crippen molar-refractivity contribution in [2.45, 2.75) is 44.6 Å². The standard InChI is InChI=1S/C18H26FN3O3S/c19-16-8-5-15(6-9-16)7-10-18(23)21-11-13-22(14-12-21)26(24,25)20-17-3-1-2-4-17/h5-6,8-9,17,20H,1-4,7,10-14H2. The normalized spacial score (nSPS) is 19.8. The Morgan fingerprint density at radius 2 is 1.69 bits per heavy atom. The van der Waals surface area contributed by atoms with E-state index in [4.69, 9.17) is 0 Å². The third kappa shape index (κ3) is 5.02. The smallest absolute Gasteiger partial charge is 0.279 e. The van der Waals surface area contributed by atoms with Crippen molar-refractivity contribution >= 4 is 16.1 Å². The maximum atomic E-state index is 12.9. The van der Waals surface area contributed by atoms with Gasteiger partial charge in [-0.25, -0.2) is 4.39 Å². The molecule has 1 aromatic carbocycles. The molecule has 0 atom stereocenters. The molecule has 8 heteroatoms. The van der Waals surface area contributed by atoms with E-state index in [1.165, 1.54) is 16.4 Å². The van der Waals surface area contributed by atoms with Gasteiger partial charge in [-0.05, 0) is 37.0 Å². The third-order valence-electron chi connectivity index (χ3n) is 5.14. The highest BCUT2D eigenvalue weighted by Crippen LogP contribution is 2.19. The third-order valence-corrected chi connectivity index (χ3v) is 6.82. The second-order valence-electron chi connectivity index (χ2n) is 7.01. The Morgan fingerprint density at radius 3 is 2.31 bits per heavy atom. The van der Waals surface area contributed by atoms with Gasteiger partial charge in [-0.3, -0.25) is 4.79 Å². The summed E-state index contributed by atoms with van der Waals surface area (Å²) in [4.78, 5) is 14.1. The zero-order chi connectivity index (χ0) is 18.6. The number of hydrogen-bond donors (Lipinski definition) is 1. The second-order valence-corrected chi connectivity index (χ2v) is 8.71. The number of amides is 1. The molecular weight excluding hydrogens is 357 g/mol. The molecule has 2 fully saturated rings. The Hall–Kier alpha value is -1.51. The predicted molar refractivity (Wildman–Crippen MR) is 97.2 cm³/mol. The second kappa shape index (κ2) is 8.45. The van der Waals surface area contributed by atoms with Crippen molar-refractivity contribution in [1.82, 2.24) is 13.9 Å². The molecule has 26 heavy (non-hydrogen) atoms. The van der Waals surface area contributed by atoms with Gasteiger partial charge in [0.1, 0.15) is 5.82 Å². The van der Waals surface area contributed by atoms with Crippen LogP contribution in [0.25, 0.3) is 0 Å². The van der Waals surface area contributed by atoms with Gasteiger partial charge in [0.05, 0.1) is 0 Å². The van der Waals surface area contributed by atoms with E-state index in [0.717, 1.165) is 31.2 Å². The first kappa shape index (κ1) is 19.3. The molecule has 6 nitrogen and oxygen atoms in total. The fourth-order valence-electron chi connectivity index (χ4n) is 3.57.